The van der Waals surface area contributed by atoms with Gasteiger partial charge in [0.15, 0.2) is 0 Å². The fraction of sp³-hybridized carbons (Fsp3) is 0.500. The van der Waals surface area contributed by atoms with Gasteiger partial charge in [0.25, 0.3) is 12.3 Å². The van der Waals surface area contributed by atoms with Crippen molar-refractivity contribution >= 4 is 21.6 Å². The van der Waals surface area contributed by atoms with Crippen LogP contribution >= 0.6 is 0 Å². The first kappa shape index (κ1) is 16.7. The molecular weight excluding hydrogens is 314 g/mol. The van der Waals surface area contributed by atoms with Crippen molar-refractivity contribution in [3.63, 3.8) is 0 Å². The molecule has 1 saturated heterocycles. The van der Waals surface area contributed by atoms with Gasteiger partial charge in [-0.05, 0) is 37.1 Å². The summed E-state index contributed by atoms with van der Waals surface area (Å²) in [6, 6.07) is 4.63. The molecule has 0 N–H and O–H groups in total. The molecule has 1 aliphatic rings. The van der Waals surface area contributed by atoms with Crippen molar-refractivity contribution in [2.45, 2.75) is 19.8 Å². The molecule has 2 rings (SSSR count). The fourth-order valence-electron chi connectivity index (χ4n) is 2.47. The van der Waals surface area contributed by atoms with Crippen LogP contribution in [0.4, 0.5) is 14.5 Å². The molecule has 122 valence electrons. The van der Waals surface area contributed by atoms with Gasteiger partial charge in [-0.25, -0.2) is 17.2 Å². The molecule has 1 aromatic carbocycles. The van der Waals surface area contributed by atoms with Crippen LogP contribution in [-0.2, 0) is 10.0 Å². The Kier molecular flexibility index (Phi) is 4.69. The van der Waals surface area contributed by atoms with Crippen molar-refractivity contribution in [3.05, 3.63) is 29.3 Å². The van der Waals surface area contributed by atoms with E-state index in [0.717, 1.165) is 4.90 Å². The summed E-state index contributed by atoms with van der Waals surface area (Å²) in [6.45, 7) is 1.44. The van der Waals surface area contributed by atoms with Gasteiger partial charge in [-0.3, -0.25) is 9.10 Å². The van der Waals surface area contributed by atoms with Gasteiger partial charge < -0.3 is 4.90 Å². The summed E-state index contributed by atoms with van der Waals surface area (Å²) < 4.78 is 49.8. The van der Waals surface area contributed by atoms with E-state index in [1.54, 1.807) is 19.1 Å². The highest BCUT2D eigenvalue weighted by Crippen LogP contribution is 2.26. The van der Waals surface area contributed by atoms with Gasteiger partial charge in [-0.1, -0.05) is 0 Å². The number of hydrogen-bond acceptors (Lipinski definition) is 3. The summed E-state index contributed by atoms with van der Waals surface area (Å²) in [5.74, 6) is -0.391. The van der Waals surface area contributed by atoms with Gasteiger partial charge in [-0.15, -0.1) is 0 Å². The summed E-state index contributed by atoms with van der Waals surface area (Å²) >= 11 is 0. The zero-order valence-electron chi connectivity index (χ0n) is 12.4. The quantitative estimate of drug-likeness (QED) is 0.846. The van der Waals surface area contributed by atoms with Crippen molar-refractivity contribution in [2.24, 2.45) is 0 Å². The lowest BCUT2D eigenvalue weighted by atomic mass is 10.1. The van der Waals surface area contributed by atoms with E-state index in [4.69, 9.17) is 0 Å². The third kappa shape index (κ3) is 3.37. The molecule has 0 bridgehead atoms. The van der Waals surface area contributed by atoms with E-state index < -0.39 is 28.9 Å². The van der Waals surface area contributed by atoms with Crippen LogP contribution in [0.3, 0.4) is 0 Å². The summed E-state index contributed by atoms with van der Waals surface area (Å²) in [5.41, 5.74) is 1.36. The summed E-state index contributed by atoms with van der Waals surface area (Å²) in [5, 5.41) is 0. The van der Waals surface area contributed by atoms with E-state index in [9.17, 15) is 22.0 Å². The van der Waals surface area contributed by atoms with Crippen molar-refractivity contribution in [1.29, 1.82) is 0 Å². The van der Waals surface area contributed by atoms with Crippen molar-refractivity contribution < 1.29 is 22.0 Å². The topological polar surface area (TPSA) is 57.7 Å². The number of anilines is 1. The maximum atomic E-state index is 12.3. The standard InChI is InChI=1S/C14H18F2N2O3S/c1-10-8-11(18-6-3-7-22(18,20)21)4-5-12(10)14(19)17(2)9-13(15)16/h4-5,8,13H,3,6-7,9H2,1-2H3. The van der Waals surface area contributed by atoms with Gasteiger partial charge in [0.05, 0.1) is 18.0 Å². The number of alkyl halides is 2. The van der Waals surface area contributed by atoms with Crippen LogP contribution in [0.15, 0.2) is 18.2 Å². The predicted molar refractivity (Wildman–Crippen MR) is 79.9 cm³/mol. The van der Waals surface area contributed by atoms with Crippen LogP contribution in [0.5, 0.6) is 0 Å². The smallest absolute Gasteiger partial charge is 0.255 e. The Morgan fingerprint density at radius 3 is 2.59 bits per heavy atom. The summed E-state index contributed by atoms with van der Waals surface area (Å²) in [7, 11) is -1.97. The zero-order chi connectivity index (χ0) is 16.5. The van der Waals surface area contributed by atoms with E-state index >= 15 is 0 Å². The Hall–Kier alpha value is -1.70. The van der Waals surface area contributed by atoms with Gasteiger partial charge in [0.2, 0.25) is 10.0 Å². The van der Waals surface area contributed by atoms with Gasteiger partial charge in [-0.2, -0.15) is 0 Å². The first-order valence-electron chi connectivity index (χ1n) is 6.87. The second-order valence-electron chi connectivity index (χ2n) is 5.32. The number of sulfonamides is 1. The minimum atomic E-state index is -3.28. The predicted octanol–water partition coefficient (Wildman–Crippen LogP) is 1.87. The third-order valence-electron chi connectivity index (χ3n) is 3.59. The van der Waals surface area contributed by atoms with E-state index in [1.807, 2.05) is 0 Å². The second-order valence-corrected chi connectivity index (χ2v) is 7.33. The Balaban J connectivity index is 2.25. The van der Waals surface area contributed by atoms with Crippen LogP contribution in [-0.4, -0.2) is 51.5 Å². The maximum Gasteiger partial charge on any atom is 0.255 e. The SMILES string of the molecule is Cc1cc(N2CCCS2(=O)=O)ccc1C(=O)N(C)CC(F)F. The Morgan fingerprint density at radius 2 is 2.09 bits per heavy atom. The molecule has 1 heterocycles. The molecule has 22 heavy (non-hydrogen) atoms. The molecule has 5 nitrogen and oxygen atoms in total. The second kappa shape index (κ2) is 6.20. The number of halogens is 2. The third-order valence-corrected chi connectivity index (χ3v) is 5.46. The monoisotopic (exact) mass is 332 g/mol. The van der Waals surface area contributed by atoms with Gasteiger partial charge >= 0.3 is 0 Å². The van der Waals surface area contributed by atoms with Crippen molar-refractivity contribution in [1.82, 2.24) is 4.90 Å². The Morgan fingerprint density at radius 1 is 1.41 bits per heavy atom. The highest BCUT2D eigenvalue weighted by Gasteiger charge is 2.29. The lowest BCUT2D eigenvalue weighted by Crippen LogP contribution is -2.32. The molecule has 0 atom stereocenters. The van der Waals surface area contributed by atoms with Crippen LogP contribution in [0.2, 0.25) is 0 Å². The van der Waals surface area contributed by atoms with Crippen LogP contribution in [0.25, 0.3) is 0 Å². The van der Waals surface area contributed by atoms with E-state index in [0.29, 0.717) is 29.8 Å². The molecule has 0 spiro atoms. The van der Waals surface area contributed by atoms with Crippen LogP contribution in [0.1, 0.15) is 22.3 Å². The lowest BCUT2D eigenvalue weighted by molar-refractivity contribution is 0.0619. The molecule has 1 aliphatic heterocycles. The molecule has 0 aliphatic carbocycles. The lowest BCUT2D eigenvalue weighted by Gasteiger charge is -2.20. The Labute approximate surface area is 128 Å². The molecular formula is C14H18F2N2O3S. The summed E-state index contributed by atoms with van der Waals surface area (Å²) in [4.78, 5) is 13.1. The molecule has 0 radical (unpaired) electrons. The van der Waals surface area contributed by atoms with E-state index in [1.165, 1.54) is 17.4 Å². The number of carbonyl (C=O) groups excluding carboxylic acids is 1. The maximum absolute atomic E-state index is 12.3. The van der Waals surface area contributed by atoms with Gasteiger partial charge in [0, 0.05) is 19.2 Å². The number of hydrogen-bond donors (Lipinski definition) is 0. The minimum absolute atomic E-state index is 0.115. The van der Waals surface area contributed by atoms with Crippen molar-refractivity contribution in [3.8, 4) is 0 Å². The number of carbonyl (C=O) groups is 1. The summed E-state index contributed by atoms with van der Waals surface area (Å²) in [6.07, 6.45) is -2.03. The first-order chi connectivity index (χ1) is 10.2. The fourth-order valence-corrected chi connectivity index (χ4v) is 4.02. The average molecular weight is 332 g/mol. The molecule has 0 saturated carbocycles. The Bertz CT molecular complexity index is 677. The average Bonchev–Trinajstić information content (AvgIpc) is 2.76. The molecule has 1 aromatic rings. The first-order valence-corrected chi connectivity index (χ1v) is 8.48. The molecule has 8 heteroatoms. The normalized spacial score (nSPS) is 17.0. The van der Waals surface area contributed by atoms with Crippen LogP contribution < -0.4 is 4.31 Å². The molecule has 0 unspecified atom stereocenters. The minimum Gasteiger partial charge on any atom is -0.336 e. The number of nitrogens with zero attached hydrogens (tertiary/aromatic N) is 2. The molecule has 1 amide bonds. The highest BCUT2D eigenvalue weighted by atomic mass is 32.2. The molecule has 1 fully saturated rings. The number of benzene rings is 1. The van der Waals surface area contributed by atoms with E-state index in [-0.39, 0.29) is 5.75 Å². The zero-order valence-corrected chi connectivity index (χ0v) is 13.2. The largest absolute Gasteiger partial charge is 0.336 e. The van der Waals surface area contributed by atoms with Gasteiger partial charge in [0.1, 0.15) is 0 Å². The van der Waals surface area contributed by atoms with E-state index in [2.05, 4.69) is 0 Å². The number of rotatable bonds is 4. The van der Waals surface area contributed by atoms with Crippen molar-refractivity contribution in [2.75, 3.05) is 30.2 Å². The highest BCUT2D eigenvalue weighted by molar-refractivity contribution is 7.93. The molecule has 0 aromatic heterocycles. The van der Waals surface area contributed by atoms with Crippen LogP contribution in [0, 0.1) is 6.92 Å². The number of aryl methyl sites for hydroxylation is 1. The number of amides is 1.